The molecule has 24 heavy (non-hydrogen) atoms. The largest absolute Gasteiger partial charge is 0.325 e. The monoisotopic (exact) mass is 390 g/mol. The predicted molar refractivity (Wildman–Crippen MR) is 97.2 cm³/mol. The lowest BCUT2D eigenvalue weighted by Crippen LogP contribution is -2.40. The lowest BCUT2D eigenvalue weighted by Gasteiger charge is -2.32. The summed E-state index contributed by atoms with van der Waals surface area (Å²) in [7, 11) is 0. The van der Waals surface area contributed by atoms with Crippen molar-refractivity contribution < 1.29 is 9.18 Å². The summed E-state index contributed by atoms with van der Waals surface area (Å²) < 4.78 is 13.9. The van der Waals surface area contributed by atoms with E-state index in [0.29, 0.717) is 0 Å². The van der Waals surface area contributed by atoms with Gasteiger partial charge in [0, 0.05) is 17.6 Å². The molecule has 1 saturated heterocycles. The second-order valence-corrected chi connectivity index (χ2v) is 7.02. The highest BCUT2D eigenvalue weighted by Gasteiger charge is 2.26. The molecule has 0 radical (unpaired) electrons. The predicted octanol–water partition coefficient (Wildman–Crippen LogP) is 4.44. The first-order valence-electron chi connectivity index (χ1n) is 8.14. The van der Waals surface area contributed by atoms with Gasteiger partial charge in [-0.05, 0) is 65.1 Å². The molecule has 3 rings (SSSR count). The number of nitrogens with zero attached hydrogens (tertiary/aromatic N) is 1. The third-order valence-electron chi connectivity index (χ3n) is 4.33. The summed E-state index contributed by atoms with van der Waals surface area (Å²) in [4.78, 5) is 14.8. The molecule has 1 heterocycles. The quantitative estimate of drug-likeness (QED) is 0.836. The van der Waals surface area contributed by atoms with Gasteiger partial charge in [-0.3, -0.25) is 9.69 Å². The average Bonchev–Trinajstić information content (AvgIpc) is 2.59. The van der Waals surface area contributed by atoms with Crippen LogP contribution in [0.15, 0.2) is 53.0 Å². The Labute approximate surface area is 150 Å². The summed E-state index contributed by atoms with van der Waals surface area (Å²) in [6.45, 7) is 2.45. The van der Waals surface area contributed by atoms with E-state index >= 15 is 0 Å². The normalized spacial score (nSPS) is 18.3. The van der Waals surface area contributed by atoms with Gasteiger partial charge in [-0.1, -0.05) is 24.3 Å². The van der Waals surface area contributed by atoms with Gasteiger partial charge in [0.15, 0.2) is 0 Å². The maximum atomic E-state index is 13.0. The van der Waals surface area contributed by atoms with Gasteiger partial charge in [0.2, 0.25) is 5.91 Å². The Bertz CT molecular complexity index is 705. The third-order valence-corrected chi connectivity index (χ3v) is 5.02. The lowest BCUT2D eigenvalue weighted by atomic mass is 9.96. The van der Waals surface area contributed by atoms with Gasteiger partial charge in [-0.15, -0.1) is 0 Å². The number of likely N-dealkylation sites (tertiary alicyclic amines) is 1. The van der Waals surface area contributed by atoms with Crippen LogP contribution in [0.5, 0.6) is 0 Å². The maximum Gasteiger partial charge on any atom is 0.228 e. The number of hydrogen-bond donors (Lipinski definition) is 1. The third kappa shape index (κ3) is 4.42. The fourth-order valence-corrected chi connectivity index (χ4v) is 3.44. The summed E-state index contributed by atoms with van der Waals surface area (Å²) in [5.41, 5.74) is 1.88. The summed E-state index contributed by atoms with van der Waals surface area (Å²) in [5, 5.41) is 3.01. The minimum Gasteiger partial charge on any atom is -0.325 e. The molecule has 0 aliphatic carbocycles. The van der Waals surface area contributed by atoms with Crippen LogP contribution < -0.4 is 5.32 Å². The van der Waals surface area contributed by atoms with Crippen molar-refractivity contribution in [1.29, 1.82) is 0 Å². The molecule has 126 valence electrons. The SMILES string of the molecule is O=C(Nc1ccccc1Br)[C@@H]1CCCN(Cc2ccc(F)cc2)C1. The molecule has 1 fully saturated rings. The van der Waals surface area contributed by atoms with Gasteiger partial charge < -0.3 is 5.32 Å². The zero-order valence-corrected chi connectivity index (χ0v) is 14.9. The number of hydrogen-bond acceptors (Lipinski definition) is 2. The van der Waals surface area contributed by atoms with E-state index in [1.165, 1.54) is 12.1 Å². The number of anilines is 1. The van der Waals surface area contributed by atoms with Crippen LogP contribution in [0.3, 0.4) is 0 Å². The Morgan fingerprint density at radius 1 is 1.21 bits per heavy atom. The molecule has 5 heteroatoms. The minimum atomic E-state index is -0.219. The van der Waals surface area contributed by atoms with Crippen molar-refractivity contribution in [2.45, 2.75) is 19.4 Å². The van der Waals surface area contributed by atoms with Crippen LogP contribution in [0.2, 0.25) is 0 Å². The fraction of sp³-hybridized carbons (Fsp3) is 0.316. The first-order chi connectivity index (χ1) is 11.6. The summed E-state index contributed by atoms with van der Waals surface area (Å²) >= 11 is 3.45. The molecule has 0 bridgehead atoms. The van der Waals surface area contributed by atoms with Gasteiger partial charge in [-0.2, -0.15) is 0 Å². The van der Waals surface area contributed by atoms with Crippen LogP contribution in [0.25, 0.3) is 0 Å². The van der Waals surface area contributed by atoms with Gasteiger partial charge in [-0.25, -0.2) is 4.39 Å². The second kappa shape index (κ2) is 7.90. The Hall–Kier alpha value is -1.72. The van der Waals surface area contributed by atoms with Crippen LogP contribution in [0, 0.1) is 11.7 Å². The molecule has 3 nitrogen and oxygen atoms in total. The molecule has 1 aliphatic rings. The number of carbonyl (C=O) groups excluding carboxylic acids is 1. The van der Waals surface area contributed by atoms with Gasteiger partial charge in [0.05, 0.1) is 11.6 Å². The standard InChI is InChI=1S/C19H20BrFN2O/c20-17-5-1-2-6-18(17)22-19(24)15-4-3-11-23(13-15)12-14-7-9-16(21)10-8-14/h1-2,5-10,15H,3-4,11-13H2,(H,22,24)/t15-/m1/s1. The van der Waals surface area contributed by atoms with Crippen LogP contribution in [-0.4, -0.2) is 23.9 Å². The number of benzene rings is 2. The Kier molecular flexibility index (Phi) is 5.63. The first-order valence-corrected chi connectivity index (χ1v) is 8.93. The molecule has 2 aromatic carbocycles. The van der Waals surface area contributed by atoms with E-state index in [1.807, 2.05) is 24.3 Å². The zero-order chi connectivity index (χ0) is 16.9. The van der Waals surface area contributed by atoms with Crippen molar-refractivity contribution in [1.82, 2.24) is 4.90 Å². The second-order valence-electron chi connectivity index (χ2n) is 6.17. The molecule has 0 unspecified atom stereocenters. The minimum absolute atomic E-state index is 0.0219. The van der Waals surface area contributed by atoms with E-state index in [1.54, 1.807) is 12.1 Å². The number of halogens is 2. The molecule has 0 spiro atoms. The van der Waals surface area contributed by atoms with Crippen molar-refractivity contribution in [3.8, 4) is 0 Å². The van der Waals surface area contributed by atoms with Gasteiger partial charge >= 0.3 is 0 Å². The highest BCUT2D eigenvalue weighted by atomic mass is 79.9. The molecule has 0 saturated carbocycles. The number of amides is 1. The number of para-hydroxylation sites is 1. The highest BCUT2D eigenvalue weighted by Crippen LogP contribution is 2.24. The fourth-order valence-electron chi connectivity index (χ4n) is 3.06. The van der Waals surface area contributed by atoms with Gasteiger partial charge in [0.1, 0.15) is 5.82 Å². The van der Waals surface area contributed by atoms with E-state index < -0.39 is 0 Å². The summed E-state index contributed by atoms with van der Waals surface area (Å²) in [5.74, 6) is -0.180. The van der Waals surface area contributed by atoms with Crippen molar-refractivity contribution in [3.63, 3.8) is 0 Å². The molecule has 2 aromatic rings. The van der Waals surface area contributed by atoms with Crippen molar-refractivity contribution in [2.24, 2.45) is 5.92 Å². The smallest absolute Gasteiger partial charge is 0.228 e. The average molecular weight is 391 g/mol. The summed E-state index contributed by atoms with van der Waals surface area (Å²) in [6, 6.07) is 14.2. The van der Waals surface area contributed by atoms with Crippen molar-refractivity contribution in [2.75, 3.05) is 18.4 Å². The maximum absolute atomic E-state index is 13.0. The van der Waals surface area contributed by atoms with Gasteiger partial charge in [0.25, 0.3) is 0 Å². The Balaban J connectivity index is 1.59. The Morgan fingerprint density at radius 2 is 1.96 bits per heavy atom. The molecule has 1 amide bonds. The van der Waals surface area contributed by atoms with Crippen LogP contribution in [0.1, 0.15) is 18.4 Å². The van der Waals surface area contributed by atoms with E-state index in [4.69, 9.17) is 0 Å². The van der Waals surface area contributed by atoms with E-state index in [-0.39, 0.29) is 17.6 Å². The van der Waals surface area contributed by atoms with Crippen LogP contribution in [0.4, 0.5) is 10.1 Å². The summed E-state index contributed by atoms with van der Waals surface area (Å²) in [6.07, 6.45) is 1.89. The van der Waals surface area contributed by atoms with E-state index in [9.17, 15) is 9.18 Å². The van der Waals surface area contributed by atoms with Crippen molar-refractivity contribution in [3.05, 3.63) is 64.4 Å². The van der Waals surface area contributed by atoms with E-state index in [0.717, 1.165) is 48.2 Å². The number of carbonyl (C=O) groups is 1. The molecule has 1 atom stereocenters. The van der Waals surface area contributed by atoms with Crippen LogP contribution >= 0.6 is 15.9 Å². The molecule has 1 N–H and O–H groups in total. The first kappa shape index (κ1) is 17.1. The topological polar surface area (TPSA) is 32.3 Å². The molecule has 1 aliphatic heterocycles. The van der Waals surface area contributed by atoms with E-state index in [2.05, 4.69) is 26.1 Å². The number of nitrogens with one attached hydrogen (secondary N) is 1. The number of rotatable bonds is 4. The molecule has 0 aromatic heterocycles. The highest BCUT2D eigenvalue weighted by molar-refractivity contribution is 9.10. The van der Waals surface area contributed by atoms with Crippen LogP contribution in [-0.2, 0) is 11.3 Å². The Morgan fingerprint density at radius 3 is 2.71 bits per heavy atom. The molecular weight excluding hydrogens is 371 g/mol. The molecular formula is C19H20BrFN2O. The lowest BCUT2D eigenvalue weighted by molar-refractivity contribution is -0.121. The van der Waals surface area contributed by atoms with Crippen molar-refractivity contribution >= 4 is 27.5 Å². The number of piperidine rings is 1. The zero-order valence-electron chi connectivity index (χ0n) is 13.3.